The molecule has 0 saturated heterocycles. The normalized spacial score (nSPS) is 12.2. The molecule has 0 saturated carbocycles. The SMILES string of the molecule is CCn1nc(C(F)F)c(CBr)c1OCC(F)(F)F. The molecule has 0 aliphatic rings. The molecule has 1 aromatic rings. The Morgan fingerprint density at radius 1 is 1.39 bits per heavy atom. The number of aryl methyl sites for hydroxylation is 1. The molecule has 0 N–H and O–H groups in total. The number of aromatic nitrogens is 2. The molecule has 0 bridgehead atoms. The van der Waals surface area contributed by atoms with E-state index in [1.165, 1.54) is 0 Å². The molecule has 0 aliphatic heterocycles. The molecule has 0 atom stereocenters. The Morgan fingerprint density at radius 2 is 2.00 bits per heavy atom. The highest BCUT2D eigenvalue weighted by Crippen LogP contribution is 2.32. The summed E-state index contributed by atoms with van der Waals surface area (Å²) < 4.78 is 67.0. The van der Waals surface area contributed by atoms with E-state index in [0.717, 1.165) is 4.68 Å². The highest BCUT2D eigenvalue weighted by atomic mass is 79.9. The lowest BCUT2D eigenvalue weighted by molar-refractivity contribution is -0.154. The lowest BCUT2D eigenvalue weighted by Gasteiger charge is -2.11. The van der Waals surface area contributed by atoms with Crippen LogP contribution in [0.4, 0.5) is 22.0 Å². The number of halogens is 6. The number of hydrogen-bond acceptors (Lipinski definition) is 2. The van der Waals surface area contributed by atoms with Crippen LogP contribution in [0.5, 0.6) is 5.88 Å². The quantitative estimate of drug-likeness (QED) is 0.605. The Morgan fingerprint density at radius 3 is 2.39 bits per heavy atom. The van der Waals surface area contributed by atoms with Gasteiger partial charge in [-0.1, -0.05) is 15.9 Å². The van der Waals surface area contributed by atoms with Crippen LogP contribution in [-0.4, -0.2) is 22.6 Å². The van der Waals surface area contributed by atoms with E-state index >= 15 is 0 Å². The Hall–Kier alpha value is -0.860. The van der Waals surface area contributed by atoms with Crippen molar-refractivity contribution in [3.8, 4) is 5.88 Å². The summed E-state index contributed by atoms with van der Waals surface area (Å²) in [6.45, 7) is 0.169. The van der Waals surface area contributed by atoms with Gasteiger partial charge in [0.25, 0.3) is 6.43 Å². The summed E-state index contributed by atoms with van der Waals surface area (Å²) in [7, 11) is 0. The minimum atomic E-state index is -4.53. The first-order valence-corrected chi connectivity index (χ1v) is 6.05. The van der Waals surface area contributed by atoms with E-state index < -0.39 is 24.9 Å². The number of ether oxygens (including phenoxy) is 1. The zero-order valence-electron chi connectivity index (χ0n) is 9.27. The van der Waals surface area contributed by atoms with Crippen LogP contribution in [0.25, 0.3) is 0 Å². The highest BCUT2D eigenvalue weighted by molar-refractivity contribution is 9.08. The number of nitrogens with zero attached hydrogens (tertiary/aromatic N) is 2. The summed E-state index contributed by atoms with van der Waals surface area (Å²) in [6.07, 6.45) is -7.39. The predicted octanol–water partition coefficient (Wildman–Crippen LogP) is 3.68. The molecule has 0 aromatic carbocycles. The molecule has 0 unspecified atom stereocenters. The molecule has 0 radical (unpaired) electrons. The third kappa shape index (κ3) is 3.56. The lowest BCUT2D eigenvalue weighted by Crippen LogP contribution is -2.21. The molecule has 3 nitrogen and oxygen atoms in total. The van der Waals surface area contributed by atoms with E-state index in [4.69, 9.17) is 0 Å². The van der Waals surface area contributed by atoms with E-state index in [0.29, 0.717) is 0 Å². The minimum absolute atomic E-state index is 0.0557. The maximum atomic E-state index is 12.6. The maximum Gasteiger partial charge on any atom is 0.422 e. The second kappa shape index (κ2) is 5.85. The smallest absolute Gasteiger partial charge is 0.422 e. The first-order valence-electron chi connectivity index (χ1n) is 4.93. The summed E-state index contributed by atoms with van der Waals surface area (Å²) in [5.41, 5.74) is -0.623. The lowest BCUT2D eigenvalue weighted by atomic mass is 10.3. The molecule has 1 aromatic heterocycles. The van der Waals surface area contributed by atoms with E-state index in [1.54, 1.807) is 6.92 Å². The van der Waals surface area contributed by atoms with Gasteiger partial charge in [-0.3, -0.25) is 0 Å². The average molecular weight is 337 g/mol. The summed E-state index contributed by atoms with van der Waals surface area (Å²) >= 11 is 2.94. The monoisotopic (exact) mass is 336 g/mol. The molecule has 9 heteroatoms. The van der Waals surface area contributed by atoms with Crippen molar-refractivity contribution in [2.75, 3.05) is 6.61 Å². The van der Waals surface area contributed by atoms with Gasteiger partial charge < -0.3 is 4.74 Å². The van der Waals surface area contributed by atoms with Gasteiger partial charge in [0.2, 0.25) is 5.88 Å². The van der Waals surface area contributed by atoms with Crippen LogP contribution in [0.1, 0.15) is 24.6 Å². The van der Waals surface area contributed by atoms with Crippen molar-refractivity contribution < 1.29 is 26.7 Å². The first-order chi connectivity index (χ1) is 8.30. The topological polar surface area (TPSA) is 27.1 Å². The third-order valence-corrected chi connectivity index (χ3v) is 2.60. The van der Waals surface area contributed by atoms with Crippen LogP contribution in [0, 0.1) is 0 Å². The van der Waals surface area contributed by atoms with Crippen LogP contribution >= 0.6 is 15.9 Å². The zero-order chi connectivity index (χ0) is 13.9. The van der Waals surface area contributed by atoms with Gasteiger partial charge >= 0.3 is 6.18 Å². The number of rotatable bonds is 5. The molecule has 18 heavy (non-hydrogen) atoms. The summed E-state index contributed by atoms with van der Waals surface area (Å²) in [4.78, 5) is 0. The van der Waals surface area contributed by atoms with Gasteiger partial charge in [0.1, 0.15) is 5.69 Å². The molecule has 1 rings (SSSR count). The van der Waals surface area contributed by atoms with Crippen LogP contribution in [0.3, 0.4) is 0 Å². The largest absolute Gasteiger partial charge is 0.468 e. The Bertz CT molecular complexity index is 404. The van der Waals surface area contributed by atoms with Gasteiger partial charge in [-0.25, -0.2) is 13.5 Å². The van der Waals surface area contributed by atoms with Gasteiger partial charge in [0, 0.05) is 11.9 Å². The second-order valence-corrected chi connectivity index (χ2v) is 3.88. The fourth-order valence-electron chi connectivity index (χ4n) is 1.33. The van der Waals surface area contributed by atoms with Crippen molar-refractivity contribution >= 4 is 15.9 Å². The first kappa shape index (κ1) is 15.2. The molecule has 0 amide bonds. The summed E-state index contributed by atoms with van der Waals surface area (Å²) in [5, 5.41) is 3.49. The van der Waals surface area contributed by atoms with Crippen molar-refractivity contribution in [3.63, 3.8) is 0 Å². The Kier molecular flexibility index (Phi) is 4.94. The van der Waals surface area contributed by atoms with Gasteiger partial charge in [-0.05, 0) is 6.92 Å². The number of alkyl halides is 6. The van der Waals surface area contributed by atoms with Crippen molar-refractivity contribution in [3.05, 3.63) is 11.3 Å². The second-order valence-electron chi connectivity index (χ2n) is 3.32. The predicted molar refractivity (Wildman–Crippen MR) is 57.0 cm³/mol. The van der Waals surface area contributed by atoms with Gasteiger partial charge in [-0.15, -0.1) is 0 Å². The molecule has 0 aliphatic carbocycles. The molecule has 104 valence electrons. The average Bonchev–Trinajstić information content (AvgIpc) is 2.62. The van der Waals surface area contributed by atoms with E-state index in [-0.39, 0.29) is 23.3 Å². The van der Waals surface area contributed by atoms with Crippen LogP contribution in [-0.2, 0) is 11.9 Å². The Labute approximate surface area is 108 Å². The third-order valence-electron chi connectivity index (χ3n) is 2.04. The minimum Gasteiger partial charge on any atom is -0.468 e. The van der Waals surface area contributed by atoms with Crippen LogP contribution < -0.4 is 4.74 Å². The highest BCUT2D eigenvalue weighted by Gasteiger charge is 2.31. The number of hydrogen-bond donors (Lipinski definition) is 0. The summed E-state index contributed by atoms with van der Waals surface area (Å²) in [6, 6.07) is 0. The standard InChI is InChI=1S/C9H10BrF5N2O/c1-2-17-8(18-4-9(13,14)15)5(3-10)6(16-17)7(11)12/h7H,2-4H2,1H3. The molecule has 0 fully saturated rings. The Balaban J connectivity index is 3.07. The van der Waals surface area contributed by atoms with Crippen molar-refractivity contribution in [2.24, 2.45) is 0 Å². The van der Waals surface area contributed by atoms with E-state index in [1.807, 2.05) is 0 Å². The van der Waals surface area contributed by atoms with Gasteiger partial charge in [0.15, 0.2) is 6.61 Å². The van der Waals surface area contributed by atoms with Crippen molar-refractivity contribution in [1.82, 2.24) is 9.78 Å². The van der Waals surface area contributed by atoms with Gasteiger partial charge in [0.05, 0.1) is 5.56 Å². The van der Waals surface area contributed by atoms with Crippen LogP contribution in [0.15, 0.2) is 0 Å². The van der Waals surface area contributed by atoms with E-state index in [2.05, 4.69) is 25.8 Å². The molecular weight excluding hydrogens is 327 g/mol. The molecule has 0 spiro atoms. The van der Waals surface area contributed by atoms with Crippen molar-refractivity contribution in [1.29, 1.82) is 0 Å². The molecular formula is C9H10BrF5N2O. The summed E-state index contributed by atoms with van der Waals surface area (Å²) in [5.74, 6) is -0.276. The van der Waals surface area contributed by atoms with Crippen molar-refractivity contribution in [2.45, 2.75) is 31.4 Å². The fraction of sp³-hybridized carbons (Fsp3) is 0.667. The molecule has 1 heterocycles. The van der Waals surface area contributed by atoms with Crippen LogP contribution in [0.2, 0.25) is 0 Å². The zero-order valence-corrected chi connectivity index (χ0v) is 10.9. The fourth-order valence-corrected chi connectivity index (χ4v) is 1.86. The van der Waals surface area contributed by atoms with Gasteiger partial charge in [-0.2, -0.15) is 18.3 Å². The maximum absolute atomic E-state index is 12.6. The van der Waals surface area contributed by atoms with E-state index in [9.17, 15) is 22.0 Å².